The number of nitrogens with zero attached hydrogens (tertiary/aromatic N) is 2. The van der Waals surface area contributed by atoms with Gasteiger partial charge in [-0.2, -0.15) is 18.3 Å². The van der Waals surface area contributed by atoms with Crippen LogP contribution in [0.4, 0.5) is 13.2 Å². The number of esters is 1. The number of ether oxygens (including phenoxy) is 1. The second-order valence-electron chi connectivity index (χ2n) is 2.86. The molecule has 0 unspecified atom stereocenters. The van der Waals surface area contributed by atoms with Crippen LogP contribution in [0.5, 0.6) is 0 Å². The zero-order valence-electron chi connectivity index (χ0n) is 8.21. The zero-order valence-corrected chi connectivity index (χ0v) is 9.80. The molecule has 1 aromatic rings. The molecular weight excluding hydrogens is 293 g/mol. The van der Waals surface area contributed by atoms with Crippen molar-refractivity contribution in [2.45, 2.75) is 19.6 Å². The highest BCUT2D eigenvalue weighted by Crippen LogP contribution is 2.21. The summed E-state index contributed by atoms with van der Waals surface area (Å²) in [7, 11) is 0. The summed E-state index contributed by atoms with van der Waals surface area (Å²) in [6.45, 7) is 0.487. The van der Waals surface area contributed by atoms with E-state index in [-0.39, 0.29) is 16.8 Å². The standard InChI is InChI=1S/C8H8BrF3N2O2/c1-2-16-7(15)6-5(9)3-14(13-6)4-8(10,11)12/h3H,2,4H2,1H3. The largest absolute Gasteiger partial charge is 0.461 e. The summed E-state index contributed by atoms with van der Waals surface area (Å²) in [6.07, 6.45) is -3.29. The maximum Gasteiger partial charge on any atom is 0.408 e. The van der Waals surface area contributed by atoms with E-state index in [4.69, 9.17) is 0 Å². The third-order valence-corrected chi connectivity index (χ3v) is 2.11. The maximum atomic E-state index is 12.0. The fourth-order valence-corrected chi connectivity index (χ4v) is 1.48. The molecule has 1 aromatic heterocycles. The van der Waals surface area contributed by atoms with Crippen molar-refractivity contribution in [3.05, 3.63) is 16.4 Å². The number of hydrogen-bond acceptors (Lipinski definition) is 3. The Bertz CT molecular complexity index is 389. The Kier molecular flexibility index (Phi) is 3.95. The van der Waals surface area contributed by atoms with Crippen molar-refractivity contribution >= 4 is 21.9 Å². The topological polar surface area (TPSA) is 44.1 Å². The molecule has 0 aliphatic carbocycles. The SMILES string of the molecule is CCOC(=O)c1nn(CC(F)(F)F)cc1Br. The van der Waals surface area contributed by atoms with Crippen LogP contribution in [0.25, 0.3) is 0 Å². The van der Waals surface area contributed by atoms with E-state index in [2.05, 4.69) is 25.8 Å². The van der Waals surface area contributed by atoms with E-state index in [1.165, 1.54) is 0 Å². The first-order valence-corrected chi connectivity index (χ1v) is 5.09. The molecule has 0 saturated carbocycles. The summed E-state index contributed by atoms with van der Waals surface area (Å²) in [4.78, 5) is 11.2. The second-order valence-corrected chi connectivity index (χ2v) is 3.71. The van der Waals surface area contributed by atoms with Crippen molar-refractivity contribution in [2.75, 3.05) is 6.61 Å². The molecule has 4 nitrogen and oxygen atoms in total. The number of hydrogen-bond donors (Lipinski definition) is 0. The van der Waals surface area contributed by atoms with Crippen LogP contribution >= 0.6 is 15.9 Å². The summed E-state index contributed by atoms with van der Waals surface area (Å²) in [5, 5.41) is 3.49. The lowest BCUT2D eigenvalue weighted by atomic mass is 10.4. The molecule has 0 atom stereocenters. The summed E-state index contributed by atoms with van der Waals surface area (Å²) in [5.74, 6) is -0.754. The molecule has 1 rings (SSSR count). The first kappa shape index (κ1) is 13.0. The minimum atomic E-state index is -4.38. The molecule has 90 valence electrons. The number of aromatic nitrogens is 2. The third-order valence-electron chi connectivity index (χ3n) is 1.53. The maximum absolute atomic E-state index is 12.0. The van der Waals surface area contributed by atoms with Gasteiger partial charge in [0, 0.05) is 6.20 Å². The molecule has 0 aromatic carbocycles. The van der Waals surface area contributed by atoms with Crippen LogP contribution in [0, 0.1) is 0 Å². The predicted octanol–water partition coefficient (Wildman–Crippen LogP) is 2.38. The number of carbonyl (C=O) groups is 1. The van der Waals surface area contributed by atoms with Gasteiger partial charge in [-0.15, -0.1) is 0 Å². The van der Waals surface area contributed by atoms with Crippen LogP contribution in [-0.4, -0.2) is 28.5 Å². The van der Waals surface area contributed by atoms with Gasteiger partial charge < -0.3 is 4.74 Å². The fourth-order valence-electron chi connectivity index (χ4n) is 1.000. The third kappa shape index (κ3) is 3.51. The molecule has 0 radical (unpaired) electrons. The van der Waals surface area contributed by atoms with E-state index in [0.717, 1.165) is 6.20 Å². The lowest BCUT2D eigenvalue weighted by Gasteiger charge is -2.05. The molecule has 0 amide bonds. The predicted molar refractivity (Wildman–Crippen MR) is 51.9 cm³/mol. The van der Waals surface area contributed by atoms with Gasteiger partial charge in [-0.1, -0.05) is 0 Å². The van der Waals surface area contributed by atoms with Gasteiger partial charge in [0.05, 0.1) is 11.1 Å². The first-order valence-electron chi connectivity index (χ1n) is 4.30. The molecular formula is C8H8BrF3N2O2. The zero-order chi connectivity index (χ0) is 12.3. The Labute approximate surface area is 97.5 Å². The van der Waals surface area contributed by atoms with Gasteiger partial charge in [-0.25, -0.2) is 4.79 Å². The Morgan fingerprint density at radius 1 is 1.62 bits per heavy atom. The molecule has 0 spiro atoms. The van der Waals surface area contributed by atoms with Crippen molar-refractivity contribution in [2.24, 2.45) is 0 Å². The molecule has 0 fully saturated rings. The number of alkyl halides is 3. The van der Waals surface area contributed by atoms with Gasteiger partial charge in [-0.3, -0.25) is 4.68 Å². The average molecular weight is 301 g/mol. The molecule has 8 heteroatoms. The van der Waals surface area contributed by atoms with Crippen molar-refractivity contribution < 1.29 is 22.7 Å². The summed E-state index contributed by atoms with van der Waals surface area (Å²) in [5.41, 5.74) is -0.161. The van der Waals surface area contributed by atoms with Gasteiger partial charge in [-0.05, 0) is 22.9 Å². The fraction of sp³-hybridized carbons (Fsp3) is 0.500. The summed E-state index contributed by atoms with van der Waals surface area (Å²) >= 11 is 2.94. The van der Waals surface area contributed by atoms with Gasteiger partial charge >= 0.3 is 12.1 Å². The molecule has 0 saturated heterocycles. The van der Waals surface area contributed by atoms with Crippen LogP contribution in [0.15, 0.2) is 10.7 Å². The molecule has 0 aliphatic rings. The van der Waals surface area contributed by atoms with Crippen molar-refractivity contribution in [1.29, 1.82) is 0 Å². The van der Waals surface area contributed by atoms with Gasteiger partial charge in [0.2, 0.25) is 0 Å². The number of rotatable bonds is 3. The van der Waals surface area contributed by atoms with E-state index < -0.39 is 18.7 Å². The van der Waals surface area contributed by atoms with Crippen molar-refractivity contribution in [3.63, 3.8) is 0 Å². The Morgan fingerprint density at radius 2 is 2.25 bits per heavy atom. The van der Waals surface area contributed by atoms with Crippen LogP contribution in [-0.2, 0) is 11.3 Å². The summed E-state index contributed by atoms with van der Waals surface area (Å²) in [6, 6.07) is 0. The van der Waals surface area contributed by atoms with Gasteiger partial charge in [0.25, 0.3) is 0 Å². The molecule has 0 N–H and O–H groups in total. The smallest absolute Gasteiger partial charge is 0.408 e. The second kappa shape index (κ2) is 4.86. The highest BCUT2D eigenvalue weighted by atomic mass is 79.9. The lowest BCUT2D eigenvalue weighted by molar-refractivity contribution is -0.142. The van der Waals surface area contributed by atoms with Crippen molar-refractivity contribution in [3.8, 4) is 0 Å². The molecule has 16 heavy (non-hydrogen) atoms. The molecule has 1 heterocycles. The van der Waals surface area contributed by atoms with Crippen LogP contribution in [0.3, 0.4) is 0 Å². The highest BCUT2D eigenvalue weighted by molar-refractivity contribution is 9.10. The Balaban J connectivity index is 2.86. The Morgan fingerprint density at radius 3 is 2.75 bits per heavy atom. The monoisotopic (exact) mass is 300 g/mol. The van der Waals surface area contributed by atoms with E-state index in [1.807, 2.05) is 0 Å². The van der Waals surface area contributed by atoms with Crippen LogP contribution in [0.2, 0.25) is 0 Å². The highest BCUT2D eigenvalue weighted by Gasteiger charge is 2.29. The van der Waals surface area contributed by atoms with E-state index in [0.29, 0.717) is 4.68 Å². The van der Waals surface area contributed by atoms with E-state index >= 15 is 0 Å². The quantitative estimate of drug-likeness (QED) is 0.805. The molecule has 0 bridgehead atoms. The number of halogens is 4. The Hall–Kier alpha value is -1.05. The average Bonchev–Trinajstić information content (AvgIpc) is 2.44. The lowest BCUT2D eigenvalue weighted by Crippen LogP contribution is -2.18. The van der Waals surface area contributed by atoms with Crippen LogP contribution < -0.4 is 0 Å². The summed E-state index contributed by atoms with van der Waals surface area (Å²) < 4.78 is 41.6. The first-order chi connectivity index (χ1) is 7.33. The van der Waals surface area contributed by atoms with Gasteiger partial charge in [0.1, 0.15) is 6.54 Å². The van der Waals surface area contributed by atoms with Gasteiger partial charge in [0.15, 0.2) is 5.69 Å². The molecule has 0 aliphatic heterocycles. The number of carbonyl (C=O) groups excluding carboxylic acids is 1. The minimum absolute atomic E-state index is 0.136. The van der Waals surface area contributed by atoms with Crippen molar-refractivity contribution in [1.82, 2.24) is 9.78 Å². The van der Waals surface area contributed by atoms with Crippen LogP contribution in [0.1, 0.15) is 17.4 Å². The minimum Gasteiger partial charge on any atom is -0.461 e. The van der Waals surface area contributed by atoms with E-state index in [9.17, 15) is 18.0 Å². The van der Waals surface area contributed by atoms with E-state index in [1.54, 1.807) is 6.92 Å². The normalized spacial score (nSPS) is 11.6.